The van der Waals surface area contributed by atoms with E-state index in [1.54, 1.807) is 4.57 Å². The number of nitro groups is 1. The fraction of sp³-hybridized carbons (Fsp3) is 0.125. The van der Waals surface area contributed by atoms with Crippen molar-refractivity contribution in [2.45, 2.75) is 11.7 Å². The van der Waals surface area contributed by atoms with Crippen molar-refractivity contribution in [3.05, 3.63) is 51.9 Å². The number of aromatic nitrogens is 3. The maximum atomic E-state index is 12.2. The zero-order valence-electron chi connectivity index (χ0n) is 14.3. The molecule has 0 aliphatic carbocycles. The van der Waals surface area contributed by atoms with E-state index in [1.165, 1.54) is 35.6 Å². The Kier molecular flexibility index (Phi) is 6.01. The average Bonchev–Trinajstić information content (AvgIpc) is 3.30. The van der Waals surface area contributed by atoms with Crippen molar-refractivity contribution in [3.63, 3.8) is 0 Å². The number of carbonyl (C=O) groups is 2. The van der Waals surface area contributed by atoms with Crippen LogP contribution in [0.4, 0.5) is 11.4 Å². The molecule has 0 fully saturated rings. The van der Waals surface area contributed by atoms with Crippen LogP contribution >= 0.6 is 23.1 Å². The van der Waals surface area contributed by atoms with E-state index in [0.717, 1.165) is 16.6 Å². The maximum absolute atomic E-state index is 12.2. The SMILES string of the molecule is NC(=O)Cn1c(SCC(=O)Nc2ccc([N+](=O)[O-])cc2)nnc1-c1cccs1. The summed E-state index contributed by atoms with van der Waals surface area (Å²) in [7, 11) is 0. The van der Waals surface area contributed by atoms with Crippen LogP contribution in [0.25, 0.3) is 10.7 Å². The van der Waals surface area contributed by atoms with Gasteiger partial charge < -0.3 is 11.1 Å². The number of rotatable bonds is 8. The van der Waals surface area contributed by atoms with Gasteiger partial charge in [0.25, 0.3) is 5.69 Å². The van der Waals surface area contributed by atoms with E-state index in [4.69, 9.17) is 5.73 Å². The first-order valence-corrected chi connectivity index (χ1v) is 9.73. The largest absolute Gasteiger partial charge is 0.368 e. The monoisotopic (exact) mass is 418 g/mol. The first kappa shape index (κ1) is 19.5. The van der Waals surface area contributed by atoms with Crippen molar-refractivity contribution in [3.8, 4) is 10.7 Å². The standard InChI is InChI=1S/C16H14N6O4S2/c17-13(23)8-21-15(12-2-1-7-27-12)19-20-16(21)28-9-14(24)18-10-3-5-11(6-4-10)22(25)26/h1-7H,8-9H2,(H2,17,23)(H,18,24). The number of thioether (sulfide) groups is 1. The second-order valence-corrected chi connectivity index (χ2v) is 7.37. The molecule has 0 saturated carbocycles. The number of nitrogens with zero attached hydrogens (tertiary/aromatic N) is 4. The molecule has 3 N–H and O–H groups in total. The third kappa shape index (κ3) is 4.72. The van der Waals surface area contributed by atoms with E-state index in [0.29, 0.717) is 16.7 Å². The molecule has 0 unspecified atom stereocenters. The van der Waals surface area contributed by atoms with E-state index in [-0.39, 0.29) is 23.9 Å². The highest BCUT2D eigenvalue weighted by Crippen LogP contribution is 2.27. The molecule has 2 heterocycles. The number of anilines is 1. The van der Waals surface area contributed by atoms with Gasteiger partial charge in [0, 0.05) is 17.8 Å². The topological polar surface area (TPSA) is 146 Å². The van der Waals surface area contributed by atoms with Gasteiger partial charge in [0.05, 0.1) is 15.6 Å². The second kappa shape index (κ2) is 8.63. The summed E-state index contributed by atoms with van der Waals surface area (Å²) in [5, 5.41) is 23.7. The summed E-state index contributed by atoms with van der Waals surface area (Å²) in [6, 6.07) is 9.21. The molecule has 0 spiro atoms. The molecule has 0 atom stereocenters. The van der Waals surface area contributed by atoms with Crippen molar-refractivity contribution >= 4 is 46.3 Å². The second-order valence-electron chi connectivity index (χ2n) is 5.48. The van der Waals surface area contributed by atoms with Crippen LogP contribution in [0.15, 0.2) is 46.9 Å². The van der Waals surface area contributed by atoms with Crippen molar-refractivity contribution in [2.75, 3.05) is 11.1 Å². The molecule has 0 bridgehead atoms. The number of nitrogens with two attached hydrogens (primary N) is 1. The number of amides is 2. The molecule has 0 saturated heterocycles. The zero-order valence-corrected chi connectivity index (χ0v) is 15.9. The van der Waals surface area contributed by atoms with Crippen LogP contribution in [0.2, 0.25) is 0 Å². The lowest BCUT2D eigenvalue weighted by atomic mass is 10.3. The Bertz CT molecular complexity index is 1000. The summed E-state index contributed by atoms with van der Waals surface area (Å²) < 4.78 is 1.57. The maximum Gasteiger partial charge on any atom is 0.269 e. The Morgan fingerprint density at radius 1 is 1.25 bits per heavy atom. The molecule has 28 heavy (non-hydrogen) atoms. The number of hydrogen-bond donors (Lipinski definition) is 2. The summed E-state index contributed by atoms with van der Waals surface area (Å²) >= 11 is 2.56. The van der Waals surface area contributed by atoms with E-state index < -0.39 is 10.8 Å². The van der Waals surface area contributed by atoms with Crippen molar-refractivity contribution in [2.24, 2.45) is 5.73 Å². The average molecular weight is 418 g/mol. The van der Waals surface area contributed by atoms with Gasteiger partial charge in [0.15, 0.2) is 11.0 Å². The molecule has 3 aromatic rings. The lowest BCUT2D eigenvalue weighted by molar-refractivity contribution is -0.384. The van der Waals surface area contributed by atoms with Gasteiger partial charge in [-0.2, -0.15) is 0 Å². The Labute approximate surface area is 166 Å². The molecule has 10 nitrogen and oxygen atoms in total. The van der Waals surface area contributed by atoms with Crippen LogP contribution in [0.1, 0.15) is 0 Å². The number of hydrogen-bond acceptors (Lipinski definition) is 8. The number of nitro benzene ring substituents is 1. The predicted molar refractivity (Wildman–Crippen MR) is 105 cm³/mol. The Hall–Kier alpha value is -3.25. The predicted octanol–water partition coefficient (Wildman–Crippen LogP) is 2.13. The fourth-order valence-electron chi connectivity index (χ4n) is 2.28. The van der Waals surface area contributed by atoms with Gasteiger partial charge in [-0.3, -0.25) is 24.3 Å². The smallest absolute Gasteiger partial charge is 0.269 e. The van der Waals surface area contributed by atoms with Crippen LogP contribution in [-0.2, 0) is 16.1 Å². The lowest BCUT2D eigenvalue weighted by Crippen LogP contribution is -2.20. The summed E-state index contributed by atoms with van der Waals surface area (Å²) in [5.41, 5.74) is 5.69. The van der Waals surface area contributed by atoms with Gasteiger partial charge in [-0.25, -0.2) is 0 Å². The molecule has 3 rings (SSSR count). The van der Waals surface area contributed by atoms with Gasteiger partial charge in [0.2, 0.25) is 11.8 Å². The quantitative estimate of drug-likeness (QED) is 0.324. The van der Waals surface area contributed by atoms with E-state index in [9.17, 15) is 19.7 Å². The third-order valence-electron chi connectivity index (χ3n) is 3.47. The lowest BCUT2D eigenvalue weighted by Gasteiger charge is -2.07. The molecule has 12 heteroatoms. The highest BCUT2D eigenvalue weighted by molar-refractivity contribution is 7.99. The molecule has 144 valence electrons. The molecule has 2 amide bonds. The summed E-state index contributed by atoms with van der Waals surface area (Å²) in [6.07, 6.45) is 0. The highest BCUT2D eigenvalue weighted by Gasteiger charge is 2.18. The van der Waals surface area contributed by atoms with Crippen LogP contribution < -0.4 is 11.1 Å². The summed E-state index contributed by atoms with van der Waals surface area (Å²) in [6.45, 7) is -0.105. The normalized spacial score (nSPS) is 10.6. The molecule has 0 aliphatic rings. The van der Waals surface area contributed by atoms with Gasteiger partial charge >= 0.3 is 0 Å². The van der Waals surface area contributed by atoms with E-state index in [1.807, 2.05) is 17.5 Å². The number of thiophene rings is 1. The first-order valence-electron chi connectivity index (χ1n) is 7.86. The van der Waals surface area contributed by atoms with E-state index >= 15 is 0 Å². The van der Waals surface area contributed by atoms with Crippen molar-refractivity contribution < 1.29 is 14.5 Å². The molecule has 0 aliphatic heterocycles. The zero-order chi connectivity index (χ0) is 20.1. The number of benzene rings is 1. The molecule has 1 aromatic carbocycles. The number of nitrogens with one attached hydrogen (secondary N) is 1. The highest BCUT2D eigenvalue weighted by atomic mass is 32.2. The Balaban J connectivity index is 1.67. The first-order chi connectivity index (χ1) is 13.4. The van der Waals surface area contributed by atoms with Crippen LogP contribution in [0.5, 0.6) is 0 Å². The minimum absolute atomic E-state index is 0.0122. The number of carbonyl (C=O) groups excluding carboxylic acids is 2. The van der Waals surface area contributed by atoms with Gasteiger partial charge in [-0.15, -0.1) is 21.5 Å². The Morgan fingerprint density at radius 3 is 2.61 bits per heavy atom. The molecular weight excluding hydrogens is 404 g/mol. The van der Waals surface area contributed by atoms with E-state index in [2.05, 4.69) is 15.5 Å². The summed E-state index contributed by atoms with van der Waals surface area (Å²) in [4.78, 5) is 34.5. The third-order valence-corrected chi connectivity index (χ3v) is 5.30. The van der Waals surface area contributed by atoms with Gasteiger partial charge in [-0.1, -0.05) is 17.8 Å². The molecule has 0 radical (unpaired) electrons. The van der Waals surface area contributed by atoms with Crippen LogP contribution in [0.3, 0.4) is 0 Å². The van der Waals surface area contributed by atoms with Gasteiger partial charge in [0.1, 0.15) is 6.54 Å². The minimum Gasteiger partial charge on any atom is -0.368 e. The minimum atomic E-state index is -0.546. The number of primary amides is 1. The van der Waals surface area contributed by atoms with Crippen LogP contribution in [0, 0.1) is 10.1 Å². The number of non-ortho nitro benzene ring substituents is 1. The molecular formula is C16H14N6O4S2. The van der Waals surface area contributed by atoms with Crippen LogP contribution in [-0.4, -0.2) is 37.3 Å². The van der Waals surface area contributed by atoms with Crippen molar-refractivity contribution in [1.29, 1.82) is 0 Å². The summed E-state index contributed by atoms with van der Waals surface area (Å²) in [5.74, 6) is -0.356. The Morgan fingerprint density at radius 2 is 2.00 bits per heavy atom. The van der Waals surface area contributed by atoms with Gasteiger partial charge in [-0.05, 0) is 23.6 Å². The molecule has 2 aromatic heterocycles. The van der Waals surface area contributed by atoms with Crippen molar-refractivity contribution in [1.82, 2.24) is 14.8 Å². The fourth-order valence-corrected chi connectivity index (χ4v) is 3.73.